The summed E-state index contributed by atoms with van der Waals surface area (Å²) >= 11 is 0. The maximum Gasteiger partial charge on any atom is 0.251 e. The number of methoxy groups -OCH3 is 2. The second-order valence-electron chi connectivity index (χ2n) is 4.98. The van der Waals surface area contributed by atoms with Gasteiger partial charge in [-0.1, -0.05) is 0 Å². The van der Waals surface area contributed by atoms with E-state index in [-0.39, 0.29) is 11.7 Å². The van der Waals surface area contributed by atoms with Crippen molar-refractivity contribution in [3.8, 4) is 17.2 Å². The summed E-state index contributed by atoms with van der Waals surface area (Å²) in [6, 6.07) is 10.8. The van der Waals surface area contributed by atoms with Gasteiger partial charge in [0.25, 0.3) is 5.91 Å². The smallest absolute Gasteiger partial charge is 0.251 e. The molecule has 0 radical (unpaired) electrons. The van der Waals surface area contributed by atoms with Crippen molar-refractivity contribution in [2.75, 3.05) is 27.4 Å². The Morgan fingerprint density at radius 1 is 1.04 bits per heavy atom. The third-order valence-electron chi connectivity index (χ3n) is 3.33. The molecule has 5 nitrogen and oxygen atoms in total. The zero-order chi connectivity index (χ0) is 17.4. The number of benzene rings is 2. The number of nitrogens with one attached hydrogen (secondary N) is 1. The highest BCUT2D eigenvalue weighted by molar-refractivity contribution is 5.94. The van der Waals surface area contributed by atoms with Gasteiger partial charge >= 0.3 is 0 Å². The molecule has 2 aromatic rings. The zero-order valence-corrected chi connectivity index (χ0v) is 13.7. The molecule has 24 heavy (non-hydrogen) atoms. The van der Waals surface area contributed by atoms with E-state index in [1.54, 1.807) is 37.4 Å². The molecule has 0 spiro atoms. The first kappa shape index (κ1) is 17.6. The number of carbonyl (C=O) groups excluding carboxylic acids is 1. The molecule has 0 bridgehead atoms. The molecule has 6 heteroatoms. The average Bonchev–Trinajstić information content (AvgIpc) is 2.62. The van der Waals surface area contributed by atoms with Gasteiger partial charge in [0.05, 0.1) is 20.8 Å². The number of carbonyl (C=O) groups is 1. The van der Waals surface area contributed by atoms with Crippen molar-refractivity contribution in [1.82, 2.24) is 5.32 Å². The van der Waals surface area contributed by atoms with Crippen LogP contribution >= 0.6 is 0 Å². The Bertz CT molecular complexity index is 673. The molecule has 1 N–H and O–H groups in total. The molecular formula is C18H20FNO4. The molecule has 0 atom stereocenters. The van der Waals surface area contributed by atoms with Gasteiger partial charge in [0.1, 0.15) is 11.6 Å². The molecule has 128 valence electrons. The lowest BCUT2D eigenvalue weighted by molar-refractivity contribution is 0.0951. The minimum Gasteiger partial charge on any atom is -0.494 e. The Kier molecular flexibility index (Phi) is 6.42. The number of hydrogen-bond acceptors (Lipinski definition) is 4. The summed E-state index contributed by atoms with van der Waals surface area (Å²) in [5.41, 5.74) is 0.493. The molecule has 2 rings (SSSR count). The van der Waals surface area contributed by atoms with Gasteiger partial charge in [-0.2, -0.15) is 0 Å². The maximum absolute atomic E-state index is 12.8. The number of amides is 1. The van der Waals surface area contributed by atoms with E-state index in [4.69, 9.17) is 14.2 Å². The molecule has 0 aliphatic carbocycles. The standard InChI is InChI=1S/C18H20FNO4/c1-22-16-9-4-13(12-17(16)23-2)18(21)20-10-3-11-24-15-7-5-14(19)6-8-15/h4-9,12H,3,10-11H2,1-2H3,(H,20,21). The van der Waals surface area contributed by atoms with Crippen LogP contribution in [0.1, 0.15) is 16.8 Å². The van der Waals surface area contributed by atoms with E-state index in [2.05, 4.69) is 5.32 Å². The molecule has 1 amide bonds. The molecule has 0 unspecified atom stereocenters. The summed E-state index contributed by atoms with van der Waals surface area (Å²) in [6.45, 7) is 0.895. The molecule has 0 heterocycles. The number of ether oxygens (including phenoxy) is 3. The van der Waals surface area contributed by atoms with Gasteiger partial charge in [-0.3, -0.25) is 4.79 Å². The van der Waals surface area contributed by atoms with E-state index < -0.39 is 0 Å². The Morgan fingerprint density at radius 2 is 1.75 bits per heavy atom. The minimum absolute atomic E-state index is 0.197. The molecule has 2 aromatic carbocycles. The van der Waals surface area contributed by atoms with Gasteiger partial charge in [-0.25, -0.2) is 4.39 Å². The van der Waals surface area contributed by atoms with Gasteiger partial charge in [0, 0.05) is 12.1 Å². The van der Waals surface area contributed by atoms with Gasteiger partial charge in [0.15, 0.2) is 11.5 Å². The van der Waals surface area contributed by atoms with E-state index in [0.717, 1.165) is 0 Å². The van der Waals surface area contributed by atoms with Crippen LogP contribution in [-0.2, 0) is 0 Å². The van der Waals surface area contributed by atoms with Gasteiger partial charge < -0.3 is 19.5 Å². The van der Waals surface area contributed by atoms with Gasteiger partial charge in [-0.05, 0) is 48.9 Å². The highest BCUT2D eigenvalue weighted by atomic mass is 19.1. The topological polar surface area (TPSA) is 56.8 Å². The van der Waals surface area contributed by atoms with Gasteiger partial charge in [-0.15, -0.1) is 0 Å². The Labute approximate surface area is 140 Å². The number of hydrogen-bond donors (Lipinski definition) is 1. The summed E-state index contributed by atoms with van der Waals surface area (Å²) < 4.78 is 28.5. The second kappa shape index (κ2) is 8.76. The fourth-order valence-corrected chi connectivity index (χ4v) is 2.07. The lowest BCUT2D eigenvalue weighted by atomic mass is 10.2. The van der Waals surface area contributed by atoms with Crippen LogP contribution in [0.2, 0.25) is 0 Å². The van der Waals surface area contributed by atoms with Crippen LogP contribution in [0.15, 0.2) is 42.5 Å². The van der Waals surface area contributed by atoms with Crippen molar-refractivity contribution in [2.45, 2.75) is 6.42 Å². The summed E-state index contributed by atoms with van der Waals surface area (Å²) in [4.78, 5) is 12.1. The Morgan fingerprint density at radius 3 is 2.42 bits per heavy atom. The highest BCUT2D eigenvalue weighted by Crippen LogP contribution is 2.27. The predicted octanol–water partition coefficient (Wildman–Crippen LogP) is 3.04. The van der Waals surface area contributed by atoms with Crippen molar-refractivity contribution in [3.05, 3.63) is 53.8 Å². The van der Waals surface area contributed by atoms with Crippen LogP contribution in [0.4, 0.5) is 4.39 Å². The minimum atomic E-state index is -0.301. The maximum atomic E-state index is 12.8. The number of halogens is 1. The van der Waals surface area contributed by atoms with Gasteiger partial charge in [0.2, 0.25) is 0 Å². The van der Waals surface area contributed by atoms with Crippen molar-refractivity contribution >= 4 is 5.91 Å². The second-order valence-corrected chi connectivity index (χ2v) is 4.98. The summed E-state index contributed by atoms with van der Waals surface area (Å²) in [5, 5.41) is 2.81. The van der Waals surface area contributed by atoms with E-state index >= 15 is 0 Å². The summed E-state index contributed by atoms with van der Waals surface area (Å²) in [6.07, 6.45) is 0.635. The van der Waals surface area contributed by atoms with E-state index in [0.29, 0.717) is 42.4 Å². The highest BCUT2D eigenvalue weighted by Gasteiger charge is 2.10. The van der Waals surface area contributed by atoms with Crippen molar-refractivity contribution in [1.29, 1.82) is 0 Å². The molecule has 0 fully saturated rings. The van der Waals surface area contributed by atoms with E-state index in [1.807, 2.05) is 0 Å². The first-order valence-corrected chi connectivity index (χ1v) is 7.52. The molecule has 0 aliphatic rings. The molecule has 0 saturated heterocycles. The zero-order valence-electron chi connectivity index (χ0n) is 13.7. The first-order valence-electron chi connectivity index (χ1n) is 7.52. The van der Waals surface area contributed by atoms with Crippen molar-refractivity contribution < 1.29 is 23.4 Å². The SMILES string of the molecule is COc1ccc(C(=O)NCCCOc2ccc(F)cc2)cc1OC. The third kappa shape index (κ3) is 4.87. The normalized spacial score (nSPS) is 10.1. The third-order valence-corrected chi connectivity index (χ3v) is 3.33. The summed E-state index contributed by atoms with van der Waals surface area (Å²) in [7, 11) is 3.06. The van der Waals surface area contributed by atoms with E-state index in [1.165, 1.54) is 19.2 Å². The van der Waals surface area contributed by atoms with Crippen LogP contribution in [0, 0.1) is 5.82 Å². The quantitative estimate of drug-likeness (QED) is 0.755. The fraction of sp³-hybridized carbons (Fsp3) is 0.278. The first-order chi connectivity index (χ1) is 11.6. The number of rotatable bonds is 8. The monoisotopic (exact) mass is 333 g/mol. The fourth-order valence-electron chi connectivity index (χ4n) is 2.07. The van der Waals surface area contributed by atoms with Crippen LogP contribution in [0.3, 0.4) is 0 Å². The summed E-state index contributed by atoms with van der Waals surface area (Å²) in [5.74, 6) is 1.18. The average molecular weight is 333 g/mol. The Balaban J connectivity index is 1.76. The lowest BCUT2D eigenvalue weighted by Crippen LogP contribution is -2.25. The van der Waals surface area contributed by atoms with Crippen molar-refractivity contribution in [2.24, 2.45) is 0 Å². The molecule has 0 aliphatic heterocycles. The molecule has 0 saturated carbocycles. The van der Waals surface area contributed by atoms with Crippen LogP contribution in [0.5, 0.6) is 17.2 Å². The van der Waals surface area contributed by atoms with Crippen LogP contribution in [-0.4, -0.2) is 33.3 Å². The van der Waals surface area contributed by atoms with Crippen molar-refractivity contribution in [3.63, 3.8) is 0 Å². The van der Waals surface area contributed by atoms with Crippen LogP contribution < -0.4 is 19.5 Å². The Hall–Kier alpha value is -2.76. The predicted molar refractivity (Wildman–Crippen MR) is 88.4 cm³/mol. The lowest BCUT2D eigenvalue weighted by Gasteiger charge is -2.10. The van der Waals surface area contributed by atoms with Crippen LogP contribution in [0.25, 0.3) is 0 Å². The largest absolute Gasteiger partial charge is 0.494 e. The van der Waals surface area contributed by atoms with E-state index in [9.17, 15) is 9.18 Å². The molecule has 0 aromatic heterocycles. The molecular weight excluding hydrogens is 313 g/mol.